The van der Waals surface area contributed by atoms with Gasteiger partial charge < -0.3 is 19.7 Å². The first kappa shape index (κ1) is 21.8. The van der Waals surface area contributed by atoms with Gasteiger partial charge in [0.15, 0.2) is 17.3 Å². The van der Waals surface area contributed by atoms with E-state index in [9.17, 15) is 15.0 Å². The summed E-state index contributed by atoms with van der Waals surface area (Å²) in [5.41, 5.74) is 1.57. The van der Waals surface area contributed by atoms with Crippen molar-refractivity contribution in [3.05, 3.63) is 77.6 Å². The molecule has 0 saturated heterocycles. The summed E-state index contributed by atoms with van der Waals surface area (Å²) in [4.78, 5) is 12.0. The lowest BCUT2D eigenvalue weighted by Gasteiger charge is -2.04. The van der Waals surface area contributed by atoms with E-state index in [1.54, 1.807) is 24.3 Å². The Bertz CT molecular complexity index is 892. The highest BCUT2D eigenvalue weighted by Gasteiger charge is 2.01. The molecule has 2 aromatic carbocycles. The van der Waals surface area contributed by atoms with Gasteiger partial charge in [-0.3, -0.25) is 4.79 Å². The van der Waals surface area contributed by atoms with Crippen LogP contribution in [0.3, 0.4) is 0 Å². The molecule has 0 radical (unpaired) electrons. The van der Waals surface area contributed by atoms with Crippen LogP contribution in [0.5, 0.6) is 17.2 Å². The molecule has 0 aliphatic heterocycles. The van der Waals surface area contributed by atoms with Crippen molar-refractivity contribution in [1.29, 1.82) is 0 Å². The lowest BCUT2D eigenvalue weighted by molar-refractivity contribution is -0.110. The van der Waals surface area contributed by atoms with E-state index in [2.05, 4.69) is 6.92 Å². The van der Waals surface area contributed by atoms with Gasteiger partial charge in [0.25, 0.3) is 0 Å². The van der Waals surface area contributed by atoms with Crippen LogP contribution in [0.4, 0.5) is 0 Å². The molecule has 0 atom stereocenters. The molecule has 0 amide bonds. The fourth-order valence-electron chi connectivity index (χ4n) is 2.41. The van der Waals surface area contributed by atoms with Gasteiger partial charge >= 0.3 is 0 Å². The minimum absolute atomic E-state index is 0.0327. The fourth-order valence-corrected chi connectivity index (χ4v) is 2.41. The van der Waals surface area contributed by atoms with Gasteiger partial charge in [0, 0.05) is 6.08 Å². The van der Waals surface area contributed by atoms with Crippen LogP contribution in [0, 0.1) is 0 Å². The summed E-state index contributed by atoms with van der Waals surface area (Å²) in [5, 5.41) is 19.5. The van der Waals surface area contributed by atoms with E-state index in [-0.39, 0.29) is 17.3 Å². The number of hydrogen-bond donors (Lipinski definition) is 2. The zero-order chi connectivity index (χ0) is 21.1. The molecular weight excluding hydrogens is 368 g/mol. The summed E-state index contributed by atoms with van der Waals surface area (Å²) in [5.74, 6) is 0.655. The van der Waals surface area contributed by atoms with Crippen molar-refractivity contribution in [2.45, 2.75) is 19.8 Å². The molecule has 0 heterocycles. The third-order valence-corrected chi connectivity index (χ3v) is 4.03. The minimum Gasteiger partial charge on any atom is -0.508 e. The highest BCUT2D eigenvalue weighted by molar-refractivity contribution is 6.02. The van der Waals surface area contributed by atoms with Crippen molar-refractivity contribution < 1.29 is 24.5 Å². The largest absolute Gasteiger partial charge is 0.508 e. The third-order valence-electron chi connectivity index (χ3n) is 4.03. The third kappa shape index (κ3) is 7.58. The van der Waals surface area contributed by atoms with Crippen LogP contribution >= 0.6 is 0 Å². The number of phenols is 1. The lowest BCUT2D eigenvalue weighted by Crippen LogP contribution is -1.95. The number of rotatable bonds is 10. The van der Waals surface area contributed by atoms with Crippen LogP contribution < -0.4 is 9.47 Å². The number of carbonyl (C=O) groups excluding carboxylic acids is 1. The monoisotopic (exact) mass is 394 g/mol. The predicted octanol–water partition coefficient (Wildman–Crippen LogP) is 5.32. The smallest absolute Gasteiger partial charge is 0.182 e. The molecule has 0 unspecified atom stereocenters. The van der Waals surface area contributed by atoms with E-state index < -0.39 is 0 Å². The highest BCUT2D eigenvalue weighted by atomic mass is 16.5. The number of ketones is 1. The summed E-state index contributed by atoms with van der Waals surface area (Å²) in [7, 11) is 1.46. The van der Waals surface area contributed by atoms with Gasteiger partial charge in [0.05, 0.1) is 13.7 Å². The average Bonchev–Trinajstić information content (AvgIpc) is 2.72. The van der Waals surface area contributed by atoms with E-state index in [0.29, 0.717) is 17.9 Å². The van der Waals surface area contributed by atoms with Gasteiger partial charge in [-0.05, 0) is 54.0 Å². The maximum absolute atomic E-state index is 12.0. The standard InChI is InChI=1S/C24H26O5/c1-3-4-15-29-22-12-7-18(8-13-22)5-10-20(25)17-21(26)11-6-19-9-14-23(27)24(16-19)28-2/h5-14,16-17,26-27H,3-4,15H2,1-2H3/b10-5+,11-6+,21-17-. The maximum Gasteiger partial charge on any atom is 0.182 e. The summed E-state index contributed by atoms with van der Waals surface area (Å²) < 4.78 is 10.6. The first-order chi connectivity index (χ1) is 14.0. The molecule has 5 heteroatoms. The Hall–Kier alpha value is -3.47. The molecule has 2 aromatic rings. The van der Waals surface area contributed by atoms with Crippen LogP contribution in [0.2, 0.25) is 0 Å². The highest BCUT2D eigenvalue weighted by Crippen LogP contribution is 2.26. The van der Waals surface area contributed by atoms with Crippen molar-refractivity contribution in [2.24, 2.45) is 0 Å². The van der Waals surface area contributed by atoms with Crippen LogP contribution in [0.1, 0.15) is 30.9 Å². The molecule has 0 aromatic heterocycles. The Balaban J connectivity index is 1.93. The van der Waals surface area contributed by atoms with Crippen molar-refractivity contribution in [3.63, 3.8) is 0 Å². The number of allylic oxidation sites excluding steroid dienone is 3. The van der Waals surface area contributed by atoms with E-state index in [4.69, 9.17) is 9.47 Å². The molecule has 2 rings (SSSR count). The average molecular weight is 394 g/mol. The molecule has 5 nitrogen and oxygen atoms in total. The molecule has 0 bridgehead atoms. The second kappa shape index (κ2) is 11.4. The normalized spacial score (nSPS) is 11.9. The number of benzene rings is 2. The van der Waals surface area contributed by atoms with Crippen molar-refractivity contribution in [1.82, 2.24) is 0 Å². The molecule has 0 aliphatic carbocycles. The number of unbranched alkanes of at least 4 members (excludes halogenated alkanes) is 1. The van der Waals surface area contributed by atoms with Gasteiger partial charge in [0.2, 0.25) is 0 Å². The SMILES string of the molecule is CCCCOc1ccc(/C=C/C(=O)/C=C(O)/C=C/c2ccc(O)c(OC)c2)cc1. The summed E-state index contributed by atoms with van der Waals surface area (Å²) in [6.45, 7) is 2.81. The van der Waals surface area contributed by atoms with Crippen molar-refractivity contribution >= 4 is 17.9 Å². The van der Waals surface area contributed by atoms with Gasteiger partial charge in [-0.1, -0.05) is 43.7 Å². The first-order valence-corrected chi connectivity index (χ1v) is 9.42. The molecule has 29 heavy (non-hydrogen) atoms. The number of carbonyl (C=O) groups is 1. The summed E-state index contributed by atoms with van der Waals surface area (Å²) in [6, 6.07) is 12.2. The zero-order valence-corrected chi connectivity index (χ0v) is 16.7. The number of aliphatic hydroxyl groups is 1. The van der Waals surface area contributed by atoms with Crippen LogP contribution in [-0.2, 0) is 4.79 Å². The van der Waals surface area contributed by atoms with Gasteiger partial charge in [-0.15, -0.1) is 0 Å². The molecular formula is C24H26O5. The number of phenolic OH excluding ortho intramolecular Hbond substituents is 1. The number of aliphatic hydroxyl groups excluding tert-OH is 1. The van der Waals surface area contributed by atoms with Crippen LogP contribution in [0.25, 0.3) is 12.2 Å². The van der Waals surface area contributed by atoms with Gasteiger partial charge in [-0.2, -0.15) is 0 Å². The summed E-state index contributed by atoms with van der Waals surface area (Å²) >= 11 is 0. The Labute approximate surface area is 171 Å². The molecule has 0 spiro atoms. The number of aromatic hydroxyl groups is 1. The molecule has 0 aliphatic rings. The lowest BCUT2D eigenvalue weighted by atomic mass is 10.1. The van der Waals surface area contributed by atoms with E-state index in [1.807, 2.05) is 24.3 Å². The number of ether oxygens (including phenoxy) is 2. The fraction of sp³-hybridized carbons (Fsp3) is 0.208. The molecule has 2 N–H and O–H groups in total. The van der Waals surface area contributed by atoms with Crippen molar-refractivity contribution in [3.8, 4) is 17.2 Å². The Morgan fingerprint density at radius 1 is 1.03 bits per heavy atom. The molecule has 0 fully saturated rings. The predicted molar refractivity (Wildman–Crippen MR) is 115 cm³/mol. The number of hydrogen-bond acceptors (Lipinski definition) is 5. The zero-order valence-electron chi connectivity index (χ0n) is 16.7. The van der Waals surface area contributed by atoms with E-state index in [0.717, 1.165) is 30.2 Å². The minimum atomic E-state index is -0.335. The quantitative estimate of drug-likeness (QED) is 0.247. The van der Waals surface area contributed by atoms with E-state index in [1.165, 1.54) is 25.3 Å². The second-order valence-corrected chi connectivity index (χ2v) is 6.34. The van der Waals surface area contributed by atoms with Gasteiger partial charge in [-0.25, -0.2) is 0 Å². The second-order valence-electron chi connectivity index (χ2n) is 6.34. The molecule has 0 saturated carbocycles. The van der Waals surface area contributed by atoms with Crippen molar-refractivity contribution in [2.75, 3.05) is 13.7 Å². The van der Waals surface area contributed by atoms with Crippen LogP contribution in [0.15, 0.2) is 66.5 Å². The Morgan fingerprint density at radius 3 is 2.41 bits per heavy atom. The van der Waals surface area contributed by atoms with E-state index >= 15 is 0 Å². The Morgan fingerprint density at radius 2 is 1.72 bits per heavy atom. The van der Waals surface area contributed by atoms with Gasteiger partial charge in [0.1, 0.15) is 11.5 Å². The molecule has 152 valence electrons. The topological polar surface area (TPSA) is 76.0 Å². The summed E-state index contributed by atoms with van der Waals surface area (Å²) in [6.07, 6.45) is 9.31. The first-order valence-electron chi connectivity index (χ1n) is 9.42. The van der Waals surface area contributed by atoms with Crippen LogP contribution in [-0.4, -0.2) is 29.7 Å². The Kier molecular flexibility index (Phi) is 8.57. The number of methoxy groups -OCH3 is 1. The maximum atomic E-state index is 12.0.